The summed E-state index contributed by atoms with van der Waals surface area (Å²) < 4.78 is 4.82. The zero-order valence-corrected chi connectivity index (χ0v) is 9.08. The summed E-state index contributed by atoms with van der Waals surface area (Å²) in [4.78, 5) is 0. The molecule has 0 aliphatic heterocycles. The fourth-order valence-electron chi connectivity index (χ4n) is 1.43. The van der Waals surface area contributed by atoms with Crippen molar-refractivity contribution in [1.29, 1.82) is 0 Å². The highest BCUT2D eigenvalue weighted by atomic mass is 35.5. The van der Waals surface area contributed by atoms with Crippen molar-refractivity contribution >= 4 is 17.5 Å². The van der Waals surface area contributed by atoms with Gasteiger partial charge in [-0.25, -0.2) is 0 Å². The van der Waals surface area contributed by atoms with Crippen molar-refractivity contribution < 1.29 is 4.52 Å². The average molecular weight is 223 g/mol. The first-order valence-electron chi connectivity index (χ1n) is 4.71. The van der Waals surface area contributed by atoms with Gasteiger partial charge in [-0.15, -0.1) is 0 Å². The van der Waals surface area contributed by atoms with Gasteiger partial charge in [0, 0.05) is 16.7 Å². The van der Waals surface area contributed by atoms with Gasteiger partial charge in [-0.2, -0.15) is 0 Å². The fraction of sp³-hybridized carbons (Fsp3) is 0.182. The van der Waals surface area contributed by atoms with E-state index in [9.17, 15) is 0 Å². The number of halogens is 1. The van der Waals surface area contributed by atoms with Crippen molar-refractivity contribution in [2.75, 3.05) is 5.73 Å². The van der Waals surface area contributed by atoms with E-state index in [4.69, 9.17) is 21.9 Å². The summed E-state index contributed by atoms with van der Waals surface area (Å²) in [6.45, 7) is 2.08. The molecule has 2 aromatic rings. The van der Waals surface area contributed by atoms with Crippen molar-refractivity contribution in [3.05, 3.63) is 34.9 Å². The summed E-state index contributed by atoms with van der Waals surface area (Å²) in [6, 6.07) is 7.50. The number of aryl methyl sites for hydroxylation is 1. The maximum Gasteiger partial charge on any atom is 0.222 e. The van der Waals surface area contributed by atoms with Gasteiger partial charge in [0.2, 0.25) is 5.88 Å². The number of aromatic nitrogens is 1. The third-order valence-electron chi connectivity index (χ3n) is 2.19. The van der Waals surface area contributed by atoms with Crippen LogP contribution in [0.25, 0.3) is 11.3 Å². The van der Waals surface area contributed by atoms with Gasteiger partial charge in [-0.05, 0) is 30.2 Å². The number of nitrogens with zero attached hydrogens (tertiary/aromatic N) is 1. The van der Waals surface area contributed by atoms with Gasteiger partial charge in [-0.1, -0.05) is 23.7 Å². The quantitative estimate of drug-likeness (QED) is 0.849. The molecule has 0 aliphatic rings. The van der Waals surface area contributed by atoms with E-state index < -0.39 is 0 Å². The number of nitrogen functional groups attached to an aromatic ring is 1. The topological polar surface area (TPSA) is 52.0 Å². The number of anilines is 1. The summed E-state index contributed by atoms with van der Waals surface area (Å²) in [5, 5.41) is 4.54. The van der Waals surface area contributed by atoms with Gasteiger partial charge >= 0.3 is 0 Å². The van der Waals surface area contributed by atoms with Gasteiger partial charge in [0.1, 0.15) is 5.69 Å². The third kappa shape index (κ3) is 2.13. The number of hydrogen-bond acceptors (Lipinski definition) is 3. The van der Waals surface area contributed by atoms with Crippen LogP contribution in [0, 0.1) is 0 Å². The molecule has 0 spiro atoms. The molecule has 0 fully saturated rings. The van der Waals surface area contributed by atoms with E-state index in [1.165, 1.54) is 5.56 Å². The second kappa shape index (κ2) is 3.95. The van der Waals surface area contributed by atoms with Crippen LogP contribution in [0.1, 0.15) is 12.5 Å². The summed E-state index contributed by atoms with van der Waals surface area (Å²) in [7, 11) is 0. The van der Waals surface area contributed by atoms with E-state index in [0.29, 0.717) is 16.6 Å². The summed E-state index contributed by atoms with van der Waals surface area (Å²) in [5.74, 6) is 0.308. The van der Waals surface area contributed by atoms with E-state index >= 15 is 0 Å². The van der Waals surface area contributed by atoms with Crippen LogP contribution in [0.2, 0.25) is 5.02 Å². The molecule has 1 aromatic heterocycles. The van der Waals surface area contributed by atoms with Gasteiger partial charge in [0.15, 0.2) is 0 Å². The van der Waals surface area contributed by atoms with E-state index in [-0.39, 0.29) is 0 Å². The van der Waals surface area contributed by atoms with E-state index in [1.807, 2.05) is 18.2 Å². The molecular formula is C11H11ClN2O. The molecule has 0 unspecified atom stereocenters. The monoisotopic (exact) mass is 222 g/mol. The Morgan fingerprint density at radius 1 is 1.33 bits per heavy atom. The zero-order valence-electron chi connectivity index (χ0n) is 8.33. The van der Waals surface area contributed by atoms with Crippen LogP contribution < -0.4 is 5.73 Å². The molecule has 0 atom stereocenters. The van der Waals surface area contributed by atoms with Crippen LogP contribution in [0.15, 0.2) is 28.8 Å². The molecule has 0 radical (unpaired) electrons. The Morgan fingerprint density at radius 3 is 2.73 bits per heavy atom. The predicted octanol–water partition coefficient (Wildman–Crippen LogP) is 3.14. The Hall–Kier alpha value is -1.48. The lowest BCUT2D eigenvalue weighted by atomic mass is 10.1. The van der Waals surface area contributed by atoms with Crippen molar-refractivity contribution in [1.82, 2.24) is 5.16 Å². The van der Waals surface area contributed by atoms with Gasteiger partial charge in [-0.3, -0.25) is 0 Å². The van der Waals surface area contributed by atoms with Crippen molar-refractivity contribution in [3.63, 3.8) is 0 Å². The summed E-state index contributed by atoms with van der Waals surface area (Å²) in [5.41, 5.74) is 8.27. The van der Waals surface area contributed by atoms with Crippen molar-refractivity contribution in [3.8, 4) is 11.3 Å². The summed E-state index contributed by atoms with van der Waals surface area (Å²) >= 11 is 6.00. The molecule has 4 heteroatoms. The first-order valence-corrected chi connectivity index (χ1v) is 5.09. The fourth-order valence-corrected chi connectivity index (χ4v) is 1.69. The van der Waals surface area contributed by atoms with Gasteiger partial charge < -0.3 is 10.3 Å². The zero-order chi connectivity index (χ0) is 10.8. The first-order chi connectivity index (χ1) is 7.19. The average Bonchev–Trinajstić information content (AvgIpc) is 2.64. The Labute approximate surface area is 92.8 Å². The molecular weight excluding hydrogens is 212 g/mol. The minimum atomic E-state index is 0.308. The lowest BCUT2D eigenvalue weighted by Gasteiger charge is -2.01. The molecule has 1 aromatic carbocycles. The lowest BCUT2D eigenvalue weighted by Crippen LogP contribution is -1.84. The highest BCUT2D eigenvalue weighted by Gasteiger charge is 2.06. The highest BCUT2D eigenvalue weighted by molar-refractivity contribution is 6.30. The normalized spacial score (nSPS) is 10.5. The molecule has 1 heterocycles. The standard InChI is InChI=1S/C11H11ClN2O/c1-2-7-3-8(5-9(12)4-7)10-6-11(13)15-14-10/h3-6H,2,13H2,1H3. The molecule has 0 amide bonds. The number of rotatable bonds is 2. The Kier molecular flexibility index (Phi) is 2.64. The molecule has 0 saturated heterocycles. The third-order valence-corrected chi connectivity index (χ3v) is 2.41. The number of benzene rings is 1. The van der Waals surface area contributed by atoms with Gasteiger partial charge in [0.25, 0.3) is 0 Å². The Balaban J connectivity index is 2.48. The van der Waals surface area contributed by atoms with E-state index in [1.54, 1.807) is 6.07 Å². The maximum atomic E-state index is 6.00. The molecule has 3 nitrogen and oxygen atoms in total. The molecule has 78 valence electrons. The lowest BCUT2D eigenvalue weighted by molar-refractivity contribution is 0.439. The van der Waals surface area contributed by atoms with Gasteiger partial charge in [0.05, 0.1) is 0 Å². The van der Waals surface area contributed by atoms with Crippen molar-refractivity contribution in [2.24, 2.45) is 0 Å². The SMILES string of the molecule is CCc1cc(Cl)cc(-c2cc(N)on2)c1. The molecule has 0 aliphatic carbocycles. The largest absolute Gasteiger partial charge is 0.368 e. The first kappa shape index (κ1) is 10.1. The molecule has 2 N–H and O–H groups in total. The highest BCUT2D eigenvalue weighted by Crippen LogP contribution is 2.25. The van der Waals surface area contributed by atoms with Crippen LogP contribution in [-0.2, 0) is 6.42 Å². The smallest absolute Gasteiger partial charge is 0.222 e. The molecule has 0 bridgehead atoms. The predicted molar refractivity (Wildman–Crippen MR) is 60.7 cm³/mol. The van der Waals surface area contributed by atoms with Crippen LogP contribution >= 0.6 is 11.6 Å². The minimum Gasteiger partial charge on any atom is -0.368 e. The summed E-state index contributed by atoms with van der Waals surface area (Å²) in [6.07, 6.45) is 0.931. The second-order valence-electron chi connectivity index (χ2n) is 3.32. The van der Waals surface area contributed by atoms with Crippen LogP contribution in [0.5, 0.6) is 0 Å². The number of nitrogens with two attached hydrogens (primary N) is 1. The maximum absolute atomic E-state index is 6.00. The van der Waals surface area contributed by atoms with Crippen LogP contribution in [0.4, 0.5) is 5.88 Å². The van der Waals surface area contributed by atoms with Crippen LogP contribution in [0.3, 0.4) is 0 Å². The second-order valence-corrected chi connectivity index (χ2v) is 3.75. The number of hydrogen-bond donors (Lipinski definition) is 1. The molecule has 2 rings (SSSR count). The molecule has 15 heavy (non-hydrogen) atoms. The minimum absolute atomic E-state index is 0.308. The molecule has 0 saturated carbocycles. The van der Waals surface area contributed by atoms with E-state index in [0.717, 1.165) is 12.0 Å². The van der Waals surface area contributed by atoms with Crippen molar-refractivity contribution in [2.45, 2.75) is 13.3 Å². The Morgan fingerprint density at radius 2 is 2.13 bits per heavy atom. The Bertz CT molecular complexity index is 479. The van der Waals surface area contributed by atoms with Crippen LogP contribution in [-0.4, -0.2) is 5.16 Å². The van der Waals surface area contributed by atoms with E-state index in [2.05, 4.69) is 12.1 Å².